The Kier molecular flexibility index (Phi) is 6.01. The third-order valence-electron chi connectivity index (χ3n) is 3.65. The van der Waals surface area contributed by atoms with Crippen LogP contribution in [0.15, 0.2) is 53.0 Å². The lowest BCUT2D eigenvalue weighted by molar-refractivity contribution is 0.572. The maximum absolute atomic E-state index is 3.62. The molecule has 1 N–H and O–H groups in total. The average Bonchev–Trinajstić information content (AvgIpc) is 2.46. The number of halogens is 1. The molecule has 0 bridgehead atoms. The zero-order valence-electron chi connectivity index (χ0n) is 13.1. The van der Waals surface area contributed by atoms with Gasteiger partial charge in [0.2, 0.25) is 0 Å². The van der Waals surface area contributed by atoms with Crippen LogP contribution < -0.4 is 5.32 Å². The number of hydrogen-bond donors (Lipinski definition) is 1. The second-order valence-corrected chi connectivity index (χ2v) is 6.89. The lowest BCUT2D eigenvalue weighted by Crippen LogP contribution is -2.18. The van der Waals surface area contributed by atoms with Crippen LogP contribution >= 0.6 is 15.9 Å². The quantitative estimate of drug-likeness (QED) is 0.728. The summed E-state index contributed by atoms with van der Waals surface area (Å²) < 4.78 is 1.16. The van der Waals surface area contributed by atoms with Crippen molar-refractivity contribution >= 4 is 15.9 Å². The van der Waals surface area contributed by atoms with E-state index in [4.69, 9.17) is 0 Å². The highest BCUT2D eigenvalue weighted by Gasteiger charge is 2.08. The van der Waals surface area contributed by atoms with E-state index in [2.05, 4.69) is 84.5 Å². The Balaban J connectivity index is 1.92. The Morgan fingerprint density at radius 2 is 1.52 bits per heavy atom. The lowest BCUT2D eigenvalue weighted by Gasteiger charge is -2.16. The van der Waals surface area contributed by atoms with Gasteiger partial charge in [0, 0.05) is 17.1 Å². The minimum atomic E-state index is 0.330. The first-order valence-electron chi connectivity index (χ1n) is 7.62. The Labute approximate surface area is 136 Å². The van der Waals surface area contributed by atoms with E-state index in [-0.39, 0.29) is 0 Å². The number of hydrogen-bond acceptors (Lipinski definition) is 1. The Bertz CT molecular complexity index is 560. The minimum absolute atomic E-state index is 0.330. The normalized spacial score (nSPS) is 12.6. The summed E-state index contributed by atoms with van der Waals surface area (Å²) in [6.07, 6.45) is 1.15. The first-order valence-corrected chi connectivity index (χ1v) is 8.41. The molecule has 1 nitrogen and oxygen atoms in total. The molecule has 0 saturated carbocycles. The van der Waals surface area contributed by atoms with Crippen molar-refractivity contribution in [2.75, 3.05) is 0 Å². The molecule has 0 heterocycles. The summed E-state index contributed by atoms with van der Waals surface area (Å²) in [6, 6.07) is 17.7. The third-order valence-corrected chi connectivity index (χ3v) is 4.37. The Morgan fingerprint density at radius 1 is 0.905 bits per heavy atom. The largest absolute Gasteiger partial charge is 0.306 e. The van der Waals surface area contributed by atoms with Crippen molar-refractivity contribution in [3.63, 3.8) is 0 Å². The van der Waals surface area contributed by atoms with Gasteiger partial charge in [-0.1, -0.05) is 72.2 Å². The van der Waals surface area contributed by atoms with E-state index in [0.29, 0.717) is 12.0 Å². The fourth-order valence-corrected chi connectivity index (χ4v) is 3.10. The van der Waals surface area contributed by atoms with Crippen LogP contribution in [-0.4, -0.2) is 0 Å². The fourth-order valence-electron chi connectivity index (χ4n) is 2.47. The van der Waals surface area contributed by atoms with Crippen molar-refractivity contribution in [2.45, 2.75) is 39.8 Å². The summed E-state index contributed by atoms with van der Waals surface area (Å²) in [6.45, 7) is 7.61. The first kappa shape index (κ1) is 16.3. The molecule has 0 unspecified atom stereocenters. The standard InChI is InChI=1S/C19H24BrN/c1-14(2)12-16-8-10-17(11-9-16)13-21-15(3)18-6-4-5-7-19(18)20/h4-11,14-15,21H,12-13H2,1-3H3/t15-/m1/s1. The molecule has 0 aliphatic rings. The van der Waals surface area contributed by atoms with E-state index in [9.17, 15) is 0 Å². The van der Waals surface area contributed by atoms with E-state index >= 15 is 0 Å². The van der Waals surface area contributed by atoms with Crippen LogP contribution in [0.25, 0.3) is 0 Å². The topological polar surface area (TPSA) is 12.0 Å². The SMILES string of the molecule is CC(C)Cc1ccc(CN[C@H](C)c2ccccc2Br)cc1. The molecule has 0 fully saturated rings. The molecule has 0 amide bonds. The van der Waals surface area contributed by atoms with Crippen molar-refractivity contribution in [3.05, 3.63) is 69.7 Å². The van der Waals surface area contributed by atoms with Gasteiger partial charge in [0.05, 0.1) is 0 Å². The minimum Gasteiger partial charge on any atom is -0.306 e. The van der Waals surface area contributed by atoms with Gasteiger partial charge in [-0.05, 0) is 42.0 Å². The Morgan fingerprint density at radius 3 is 2.14 bits per heavy atom. The highest BCUT2D eigenvalue weighted by molar-refractivity contribution is 9.10. The maximum Gasteiger partial charge on any atom is 0.0306 e. The molecule has 112 valence electrons. The summed E-state index contributed by atoms with van der Waals surface area (Å²) in [5, 5.41) is 3.59. The number of nitrogens with one attached hydrogen (secondary N) is 1. The van der Waals surface area contributed by atoms with Crippen LogP contribution in [-0.2, 0) is 13.0 Å². The first-order chi connectivity index (χ1) is 10.1. The smallest absolute Gasteiger partial charge is 0.0306 e. The number of rotatable bonds is 6. The fraction of sp³-hybridized carbons (Fsp3) is 0.368. The van der Waals surface area contributed by atoms with E-state index in [0.717, 1.165) is 17.4 Å². The third kappa shape index (κ3) is 4.98. The second-order valence-electron chi connectivity index (χ2n) is 6.04. The molecule has 1 atom stereocenters. The van der Waals surface area contributed by atoms with Crippen LogP contribution in [0.4, 0.5) is 0 Å². The summed E-state index contributed by atoms with van der Waals surface area (Å²) in [5.74, 6) is 0.712. The molecular formula is C19H24BrN. The van der Waals surface area contributed by atoms with Crippen LogP contribution in [0.2, 0.25) is 0 Å². The van der Waals surface area contributed by atoms with Gasteiger partial charge in [0.15, 0.2) is 0 Å². The number of benzene rings is 2. The van der Waals surface area contributed by atoms with Gasteiger partial charge >= 0.3 is 0 Å². The molecule has 2 aromatic carbocycles. The van der Waals surface area contributed by atoms with Crippen LogP contribution in [0.5, 0.6) is 0 Å². The summed E-state index contributed by atoms with van der Waals surface area (Å²) >= 11 is 3.62. The average molecular weight is 346 g/mol. The molecule has 2 heteroatoms. The van der Waals surface area contributed by atoms with Gasteiger partial charge in [0.1, 0.15) is 0 Å². The van der Waals surface area contributed by atoms with Crippen molar-refractivity contribution in [1.82, 2.24) is 5.32 Å². The monoisotopic (exact) mass is 345 g/mol. The van der Waals surface area contributed by atoms with E-state index < -0.39 is 0 Å². The van der Waals surface area contributed by atoms with Gasteiger partial charge in [-0.2, -0.15) is 0 Å². The van der Waals surface area contributed by atoms with Crippen molar-refractivity contribution in [3.8, 4) is 0 Å². The summed E-state index contributed by atoms with van der Waals surface area (Å²) in [5.41, 5.74) is 4.06. The summed E-state index contributed by atoms with van der Waals surface area (Å²) in [7, 11) is 0. The highest BCUT2D eigenvalue weighted by atomic mass is 79.9. The second kappa shape index (κ2) is 7.77. The molecular weight excluding hydrogens is 322 g/mol. The molecule has 0 saturated heterocycles. The molecule has 0 radical (unpaired) electrons. The lowest BCUT2D eigenvalue weighted by atomic mass is 10.0. The van der Waals surface area contributed by atoms with Gasteiger partial charge in [0.25, 0.3) is 0 Å². The molecule has 0 spiro atoms. The van der Waals surface area contributed by atoms with Crippen LogP contribution in [0, 0.1) is 5.92 Å². The van der Waals surface area contributed by atoms with Crippen molar-refractivity contribution < 1.29 is 0 Å². The van der Waals surface area contributed by atoms with E-state index in [1.807, 2.05) is 6.07 Å². The van der Waals surface area contributed by atoms with Crippen molar-refractivity contribution in [1.29, 1.82) is 0 Å². The van der Waals surface area contributed by atoms with Gasteiger partial charge in [-0.25, -0.2) is 0 Å². The maximum atomic E-state index is 3.62. The highest BCUT2D eigenvalue weighted by Crippen LogP contribution is 2.23. The van der Waals surface area contributed by atoms with Crippen molar-refractivity contribution in [2.24, 2.45) is 5.92 Å². The van der Waals surface area contributed by atoms with Gasteiger partial charge in [-0.15, -0.1) is 0 Å². The van der Waals surface area contributed by atoms with E-state index in [1.54, 1.807) is 0 Å². The molecule has 0 aromatic heterocycles. The zero-order valence-corrected chi connectivity index (χ0v) is 14.7. The van der Waals surface area contributed by atoms with Gasteiger partial charge in [-0.3, -0.25) is 0 Å². The molecule has 21 heavy (non-hydrogen) atoms. The summed E-state index contributed by atoms with van der Waals surface area (Å²) in [4.78, 5) is 0. The van der Waals surface area contributed by atoms with Crippen LogP contribution in [0.1, 0.15) is 43.5 Å². The molecule has 0 aliphatic heterocycles. The van der Waals surface area contributed by atoms with Gasteiger partial charge < -0.3 is 5.32 Å². The molecule has 0 aliphatic carbocycles. The van der Waals surface area contributed by atoms with Crippen LogP contribution in [0.3, 0.4) is 0 Å². The predicted octanol–water partition coefficient (Wildman–Crippen LogP) is 5.50. The predicted molar refractivity (Wildman–Crippen MR) is 94.4 cm³/mol. The Hall–Kier alpha value is -1.12. The zero-order chi connectivity index (χ0) is 15.2. The van der Waals surface area contributed by atoms with E-state index in [1.165, 1.54) is 16.7 Å². The molecule has 2 rings (SSSR count). The molecule has 2 aromatic rings.